The molecule has 0 unspecified atom stereocenters. The van der Waals surface area contributed by atoms with E-state index in [1.54, 1.807) is 68.4 Å². The molecule has 0 atom stereocenters. The number of rotatable bonds is 14. The zero-order chi connectivity index (χ0) is 43.1. The van der Waals surface area contributed by atoms with Gasteiger partial charge in [-0.25, -0.2) is 4.79 Å². The topological polar surface area (TPSA) is 94.5 Å². The molecule has 0 aromatic heterocycles. The number of phenolic OH excluding ortho intramolecular Hbond substituents is 1. The Kier molecular flexibility index (Phi) is 12.4. The summed E-state index contributed by atoms with van der Waals surface area (Å²) in [5.74, 6) is 2.11. The molecule has 8 nitrogen and oxygen atoms in total. The number of aryl methyl sites for hydroxylation is 4. The average molecular weight is 810 g/mol. The van der Waals surface area contributed by atoms with Gasteiger partial charge in [0.1, 0.15) is 34.5 Å². The molecule has 0 bridgehead atoms. The molecule has 0 fully saturated rings. The smallest absolute Gasteiger partial charge is 0.355 e. The monoisotopic (exact) mass is 809 g/mol. The van der Waals surface area contributed by atoms with Crippen molar-refractivity contribution in [1.29, 1.82) is 0 Å². The Morgan fingerprint density at radius 3 is 1.52 bits per heavy atom. The maximum atomic E-state index is 13.5. The summed E-state index contributed by atoms with van der Waals surface area (Å²) in [6.07, 6.45) is 2.11. The molecule has 8 heteroatoms. The molecule has 7 rings (SSSR count). The van der Waals surface area contributed by atoms with Crippen molar-refractivity contribution in [2.45, 2.75) is 47.1 Å². The van der Waals surface area contributed by atoms with Crippen LogP contribution >= 0.6 is 0 Å². The molecule has 7 aromatic carbocycles. The van der Waals surface area contributed by atoms with Crippen LogP contribution in [0.15, 0.2) is 158 Å². The Hall–Kier alpha value is -7.58. The van der Waals surface area contributed by atoms with Crippen LogP contribution in [0.1, 0.15) is 52.8 Å². The quantitative estimate of drug-likeness (QED) is 0.0502. The molecule has 0 radical (unpaired) electrons. The Morgan fingerprint density at radius 1 is 0.574 bits per heavy atom. The minimum atomic E-state index is -1.32. The molecule has 7 aromatic rings. The summed E-state index contributed by atoms with van der Waals surface area (Å²) in [7, 11) is 0. The predicted octanol–water partition coefficient (Wildman–Crippen LogP) is 12.8. The minimum absolute atomic E-state index is 0.177. The molecule has 0 aliphatic rings. The summed E-state index contributed by atoms with van der Waals surface area (Å²) < 4.78 is 23.0. The van der Waals surface area contributed by atoms with Gasteiger partial charge in [-0.05, 0) is 178 Å². The van der Waals surface area contributed by atoms with E-state index in [9.17, 15) is 14.7 Å². The van der Waals surface area contributed by atoms with Crippen molar-refractivity contribution in [1.82, 2.24) is 0 Å². The predicted molar refractivity (Wildman–Crippen MR) is 242 cm³/mol. The van der Waals surface area contributed by atoms with Gasteiger partial charge in [-0.3, -0.25) is 4.79 Å². The average Bonchev–Trinajstić information content (AvgIpc) is 3.25. The zero-order valence-electron chi connectivity index (χ0n) is 35.0. The van der Waals surface area contributed by atoms with Crippen LogP contribution in [0.3, 0.4) is 0 Å². The van der Waals surface area contributed by atoms with Gasteiger partial charge in [-0.15, -0.1) is 0 Å². The highest BCUT2D eigenvalue weighted by atomic mass is 16.6. The van der Waals surface area contributed by atoms with Gasteiger partial charge in [0.25, 0.3) is 6.47 Å². The largest absolute Gasteiger partial charge is 0.508 e. The number of esters is 1. The molecule has 0 saturated carbocycles. The molecule has 306 valence electrons. The summed E-state index contributed by atoms with van der Waals surface area (Å²) in [5, 5.41) is 10.1. The second kappa shape index (κ2) is 18.1. The van der Waals surface area contributed by atoms with Gasteiger partial charge in [0, 0.05) is 17.1 Å². The van der Waals surface area contributed by atoms with Crippen LogP contribution in [0.2, 0.25) is 0 Å². The number of ether oxygens (including phenoxy) is 4. The van der Waals surface area contributed by atoms with Gasteiger partial charge in [-0.2, -0.15) is 0 Å². The normalized spacial score (nSPS) is 11.4. The van der Waals surface area contributed by atoms with E-state index in [-0.39, 0.29) is 5.75 Å². The molecule has 0 aliphatic carbocycles. The maximum absolute atomic E-state index is 13.5. The highest BCUT2D eigenvalue weighted by Gasteiger charge is 2.33. The van der Waals surface area contributed by atoms with Crippen molar-refractivity contribution in [3.63, 3.8) is 0 Å². The summed E-state index contributed by atoms with van der Waals surface area (Å²) in [6, 6.07) is 50.4. The van der Waals surface area contributed by atoms with E-state index in [0.29, 0.717) is 35.2 Å². The molecule has 0 saturated heterocycles. The number of hydrogen-bond donors (Lipinski definition) is 1. The second-order valence-electron chi connectivity index (χ2n) is 15.4. The Balaban J connectivity index is 1.07. The van der Waals surface area contributed by atoms with Crippen molar-refractivity contribution in [3.8, 4) is 34.5 Å². The molecular formula is C53H47NO7. The first-order valence-electron chi connectivity index (χ1n) is 19.9. The molecule has 0 aliphatic heterocycles. The van der Waals surface area contributed by atoms with Crippen LogP contribution in [0.25, 0.3) is 11.6 Å². The van der Waals surface area contributed by atoms with E-state index < -0.39 is 11.6 Å². The summed E-state index contributed by atoms with van der Waals surface area (Å²) in [4.78, 5) is 26.5. The van der Waals surface area contributed by atoms with Gasteiger partial charge in [-0.1, -0.05) is 71.8 Å². The number of carbonyl (C=O) groups is 2. The third kappa shape index (κ3) is 10.2. The summed E-state index contributed by atoms with van der Waals surface area (Å²) in [5.41, 5.74) is 9.46. The lowest BCUT2D eigenvalue weighted by Gasteiger charge is -2.26. The zero-order valence-corrected chi connectivity index (χ0v) is 35.0. The lowest BCUT2D eigenvalue weighted by molar-refractivity contribution is -0.149. The van der Waals surface area contributed by atoms with Crippen molar-refractivity contribution >= 4 is 41.2 Å². The van der Waals surface area contributed by atoms with Crippen LogP contribution in [-0.2, 0) is 9.59 Å². The Morgan fingerprint density at radius 2 is 1.03 bits per heavy atom. The number of nitrogens with zero attached hydrogens (tertiary/aromatic N) is 1. The number of phenols is 1. The second-order valence-corrected chi connectivity index (χ2v) is 15.4. The number of benzene rings is 7. The number of hydrogen-bond acceptors (Lipinski definition) is 8. The number of carbonyl (C=O) groups excluding carboxylic acids is 2. The van der Waals surface area contributed by atoms with Gasteiger partial charge in [0.05, 0.1) is 0 Å². The van der Waals surface area contributed by atoms with Gasteiger partial charge >= 0.3 is 5.97 Å². The molecular weight excluding hydrogens is 763 g/mol. The first-order valence-corrected chi connectivity index (χ1v) is 19.9. The fraction of sp³-hybridized carbons (Fsp3) is 0.132. The van der Waals surface area contributed by atoms with Crippen LogP contribution < -0.4 is 23.8 Å². The number of aromatic hydroxyl groups is 1. The summed E-state index contributed by atoms with van der Waals surface area (Å²) in [6.45, 7) is 11.6. The van der Waals surface area contributed by atoms with Crippen molar-refractivity contribution in [2.75, 3.05) is 4.90 Å². The molecule has 0 heterocycles. The minimum Gasteiger partial charge on any atom is -0.508 e. The highest BCUT2D eigenvalue weighted by molar-refractivity contribution is 5.92. The van der Waals surface area contributed by atoms with Gasteiger partial charge < -0.3 is 29.0 Å². The lowest BCUT2D eigenvalue weighted by Crippen LogP contribution is -2.41. The van der Waals surface area contributed by atoms with E-state index in [1.165, 1.54) is 11.1 Å². The Labute approximate surface area is 356 Å². The van der Waals surface area contributed by atoms with E-state index in [0.717, 1.165) is 50.5 Å². The lowest BCUT2D eigenvalue weighted by atomic mass is 9.95. The van der Waals surface area contributed by atoms with E-state index in [2.05, 4.69) is 97.6 Å². The van der Waals surface area contributed by atoms with Crippen LogP contribution in [0.4, 0.5) is 17.1 Å². The van der Waals surface area contributed by atoms with Crippen LogP contribution in [0.5, 0.6) is 34.5 Å². The first kappa shape index (κ1) is 41.6. The van der Waals surface area contributed by atoms with E-state index in [1.807, 2.05) is 44.2 Å². The third-order valence-corrected chi connectivity index (χ3v) is 10.2. The molecule has 61 heavy (non-hydrogen) atoms. The summed E-state index contributed by atoms with van der Waals surface area (Å²) >= 11 is 0. The van der Waals surface area contributed by atoms with Crippen molar-refractivity contribution in [2.24, 2.45) is 0 Å². The van der Waals surface area contributed by atoms with Crippen molar-refractivity contribution in [3.05, 3.63) is 197 Å². The van der Waals surface area contributed by atoms with E-state index in [4.69, 9.17) is 18.9 Å². The SMILES string of the molecule is Cc1ccc(N(c2ccc(C)cc2)c2ccc(C=C(c3ccc(O)cc3)c3ccc(OC(=O)C(C)(C)Oc4ccc(Oc5ccc(OC=O)c(C)c5)cc4C)cc3)cc2)cc1. The molecule has 0 amide bonds. The molecule has 1 N–H and O–H groups in total. The maximum Gasteiger partial charge on any atom is 0.355 e. The standard InChI is InChI=1S/C53H47NO7/c1-35-7-17-42(18-8-35)54(43-19-9-36(2)10-20-43)44-21-11-39(12-22-44)33-49(40-13-23-45(56)24-14-40)41-15-25-46(26-16-41)60-52(57)53(5,6)61-51-30-28-48(32-38(51)4)59-47-27-29-50(58-34-55)37(3)31-47/h7-34,56H,1-6H3. The Bertz CT molecular complexity index is 2620. The van der Waals surface area contributed by atoms with Crippen molar-refractivity contribution < 1.29 is 33.6 Å². The first-order chi connectivity index (χ1) is 29.3. The fourth-order valence-corrected chi connectivity index (χ4v) is 6.75. The highest BCUT2D eigenvalue weighted by Crippen LogP contribution is 2.37. The van der Waals surface area contributed by atoms with Crippen LogP contribution in [0, 0.1) is 27.7 Å². The fourth-order valence-electron chi connectivity index (χ4n) is 6.75. The number of anilines is 3. The molecule has 0 spiro atoms. The van der Waals surface area contributed by atoms with Gasteiger partial charge in [0.15, 0.2) is 0 Å². The third-order valence-electron chi connectivity index (χ3n) is 10.2. The van der Waals surface area contributed by atoms with E-state index >= 15 is 0 Å². The van der Waals surface area contributed by atoms with Gasteiger partial charge in [0.2, 0.25) is 5.60 Å². The van der Waals surface area contributed by atoms with Crippen LogP contribution in [-0.4, -0.2) is 23.1 Å².